The Morgan fingerprint density at radius 3 is 1.79 bits per heavy atom. The molecule has 2 aliphatic carbocycles. The Morgan fingerprint density at radius 1 is 0.821 bits per heavy atom. The fraction of sp³-hybridized carbons (Fsp3) is 0.111. The zero-order chi connectivity index (χ0) is 19.3. The van der Waals surface area contributed by atoms with Gasteiger partial charge in [-0.05, 0) is 51.5 Å². The molecule has 0 fully saturated rings. The maximum absolute atomic E-state index is 6.53. The zero-order valence-corrected chi connectivity index (χ0v) is 16.1. The van der Waals surface area contributed by atoms with Crippen molar-refractivity contribution in [3.63, 3.8) is 0 Å². The Hall–Kier alpha value is -3.32. The van der Waals surface area contributed by atoms with Crippen molar-refractivity contribution in [3.8, 4) is 11.1 Å². The minimum Gasteiger partial charge on any atom is -0.398 e. The van der Waals surface area contributed by atoms with Gasteiger partial charge in [0.15, 0.2) is 0 Å². The first kappa shape index (κ1) is 16.8. The van der Waals surface area contributed by atoms with Crippen LogP contribution >= 0.6 is 0 Å². The van der Waals surface area contributed by atoms with Crippen LogP contribution in [0.4, 0.5) is 0 Å². The highest BCUT2D eigenvalue weighted by Crippen LogP contribution is 2.63. The molecular weight excluding hydrogens is 338 g/mol. The van der Waals surface area contributed by atoms with E-state index in [2.05, 4.69) is 92.4 Å². The van der Waals surface area contributed by atoms with Gasteiger partial charge in [-0.2, -0.15) is 0 Å². The monoisotopic (exact) mass is 361 g/mol. The Kier molecular flexibility index (Phi) is 3.67. The topological polar surface area (TPSA) is 26.0 Å². The van der Waals surface area contributed by atoms with Gasteiger partial charge in [0.2, 0.25) is 0 Å². The van der Waals surface area contributed by atoms with Crippen molar-refractivity contribution in [1.29, 1.82) is 0 Å². The predicted molar refractivity (Wildman–Crippen MR) is 118 cm³/mol. The molecular formula is C27H23N. The third-order valence-corrected chi connectivity index (χ3v) is 6.14. The van der Waals surface area contributed by atoms with Crippen molar-refractivity contribution in [2.75, 3.05) is 0 Å². The largest absolute Gasteiger partial charge is 0.398 e. The van der Waals surface area contributed by atoms with Crippen LogP contribution < -0.4 is 5.73 Å². The summed E-state index contributed by atoms with van der Waals surface area (Å²) in [4.78, 5) is 0. The molecule has 0 atom stereocenters. The molecule has 0 heterocycles. The molecule has 1 heteroatoms. The molecule has 0 amide bonds. The lowest BCUT2D eigenvalue weighted by Gasteiger charge is -2.31. The third-order valence-electron chi connectivity index (χ3n) is 6.14. The number of benzene rings is 3. The van der Waals surface area contributed by atoms with Gasteiger partial charge in [0, 0.05) is 11.3 Å². The lowest BCUT2D eigenvalue weighted by atomic mass is 9.70. The van der Waals surface area contributed by atoms with Crippen molar-refractivity contribution < 1.29 is 0 Å². The van der Waals surface area contributed by atoms with Gasteiger partial charge in [-0.25, -0.2) is 0 Å². The molecule has 136 valence electrons. The predicted octanol–water partition coefficient (Wildman–Crippen LogP) is 6.21. The van der Waals surface area contributed by atoms with Crippen molar-refractivity contribution >= 4 is 5.57 Å². The number of hydrogen-bond donors (Lipinski definition) is 1. The van der Waals surface area contributed by atoms with Crippen molar-refractivity contribution in [1.82, 2.24) is 0 Å². The van der Waals surface area contributed by atoms with Gasteiger partial charge in [-0.3, -0.25) is 0 Å². The summed E-state index contributed by atoms with van der Waals surface area (Å²) in [5, 5.41) is 0. The molecule has 0 aliphatic heterocycles. The normalized spacial score (nSPS) is 18.7. The van der Waals surface area contributed by atoms with Crippen LogP contribution in [-0.4, -0.2) is 0 Å². The Labute approximate surface area is 166 Å². The van der Waals surface area contributed by atoms with E-state index in [0.717, 1.165) is 17.7 Å². The van der Waals surface area contributed by atoms with Crippen molar-refractivity contribution in [2.24, 2.45) is 5.73 Å². The smallest absolute Gasteiger partial charge is 0.0723 e. The van der Waals surface area contributed by atoms with Gasteiger partial charge in [0.1, 0.15) is 0 Å². The SMILES string of the molecule is C=C/C(N)=C1\C(=C/CC)C2(c3ccccc31)c1ccccc1-c1ccccc12. The maximum atomic E-state index is 6.53. The summed E-state index contributed by atoms with van der Waals surface area (Å²) in [5.74, 6) is 0. The summed E-state index contributed by atoms with van der Waals surface area (Å²) >= 11 is 0. The van der Waals surface area contributed by atoms with Gasteiger partial charge in [0.25, 0.3) is 0 Å². The van der Waals surface area contributed by atoms with Gasteiger partial charge < -0.3 is 5.73 Å². The minimum atomic E-state index is -0.317. The Balaban J connectivity index is 2.02. The molecule has 2 aliphatic rings. The molecule has 1 nitrogen and oxygen atoms in total. The lowest BCUT2D eigenvalue weighted by Crippen LogP contribution is -2.26. The molecule has 0 aromatic heterocycles. The van der Waals surface area contributed by atoms with E-state index in [4.69, 9.17) is 5.73 Å². The van der Waals surface area contributed by atoms with E-state index in [1.165, 1.54) is 39.0 Å². The molecule has 3 aromatic rings. The number of nitrogens with two attached hydrogens (primary N) is 1. The highest BCUT2D eigenvalue weighted by Gasteiger charge is 2.53. The van der Waals surface area contributed by atoms with E-state index in [-0.39, 0.29) is 5.41 Å². The molecule has 0 saturated carbocycles. The summed E-state index contributed by atoms with van der Waals surface area (Å²) in [7, 11) is 0. The van der Waals surface area contributed by atoms with Crippen molar-refractivity contribution in [3.05, 3.63) is 125 Å². The van der Waals surface area contributed by atoms with E-state index >= 15 is 0 Å². The van der Waals surface area contributed by atoms with Crippen LogP contribution in [0.1, 0.15) is 35.6 Å². The molecule has 5 rings (SSSR count). The quantitative estimate of drug-likeness (QED) is 0.577. The van der Waals surface area contributed by atoms with Crippen LogP contribution in [0.15, 0.2) is 103 Å². The average molecular weight is 361 g/mol. The van der Waals surface area contributed by atoms with E-state index in [1.807, 2.05) is 0 Å². The van der Waals surface area contributed by atoms with Crippen LogP contribution in [0, 0.1) is 0 Å². The van der Waals surface area contributed by atoms with E-state index in [0.29, 0.717) is 0 Å². The maximum Gasteiger partial charge on any atom is 0.0723 e. The summed E-state index contributed by atoms with van der Waals surface area (Å²) in [6.07, 6.45) is 5.08. The lowest BCUT2D eigenvalue weighted by molar-refractivity contribution is 0.788. The van der Waals surface area contributed by atoms with Crippen LogP contribution in [0.25, 0.3) is 16.7 Å². The van der Waals surface area contributed by atoms with Crippen molar-refractivity contribution in [2.45, 2.75) is 18.8 Å². The number of fused-ring (bicyclic) bond motifs is 7. The molecule has 0 radical (unpaired) electrons. The fourth-order valence-corrected chi connectivity index (χ4v) is 5.19. The van der Waals surface area contributed by atoms with Gasteiger partial charge in [-0.15, -0.1) is 0 Å². The average Bonchev–Trinajstić information content (AvgIpc) is 3.21. The number of rotatable bonds is 2. The third kappa shape index (κ3) is 1.91. The second-order valence-corrected chi connectivity index (χ2v) is 7.45. The second-order valence-electron chi connectivity index (χ2n) is 7.45. The van der Waals surface area contributed by atoms with Crippen LogP contribution in [0.5, 0.6) is 0 Å². The molecule has 0 unspecified atom stereocenters. The zero-order valence-electron chi connectivity index (χ0n) is 16.1. The molecule has 1 spiro atoms. The highest BCUT2D eigenvalue weighted by atomic mass is 14.6. The van der Waals surface area contributed by atoms with Crippen LogP contribution in [-0.2, 0) is 5.41 Å². The fourth-order valence-electron chi connectivity index (χ4n) is 5.19. The van der Waals surface area contributed by atoms with E-state index in [1.54, 1.807) is 6.08 Å². The van der Waals surface area contributed by atoms with Crippen LogP contribution in [0.3, 0.4) is 0 Å². The van der Waals surface area contributed by atoms with Gasteiger partial charge in [0.05, 0.1) is 5.41 Å². The minimum absolute atomic E-state index is 0.317. The molecule has 0 saturated heterocycles. The molecule has 2 N–H and O–H groups in total. The first-order valence-electron chi connectivity index (χ1n) is 9.87. The highest BCUT2D eigenvalue weighted by molar-refractivity contribution is 6.00. The Morgan fingerprint density at radius 2 is 1.29 bits per heavy atom. The van der Waals surface area contributed by atoms with E-state index < -0.39 is 0 Å². The standard InChI is InChI=1S/C27H23N/c1-3-11-24-26(25(28)4-2)20-14-7-10-17-23(20)27(24)21-15-8-5-12-18(21)19-13-6-9-16-22(19)27/h4-17H,2-3,28H2,1H3/b24-11+,26-25+. The number of allylic oxidation sites excluding steroid dienone is 4. The summed E-state index contributed by atoms with van der Waals surface area (Å²) in [6.45, 7) is 6.16. The molecule has 0 bridgehead atoms. The summed E-state index contributed by atoms with van der Waals surface area (Å²) < 4.78 is 0. The van der Waals surface area contributed by atoms with Crippen LogP contribution in [0.2, 0.25) is 0 Å². The molecule has 28 heavy (non-hydrogen) atoms. The van der Waals surface area contributed by atoms with E-state index in [9.17, 15) is 0 Å². The molecule has 3 aromatic carbocycles. The summed E-state index contributed by atoms with van der Waals surface area (Å²) in [6, 6.07) is 26.3. The Bertz CT molecular complexity index is 1130. The second kappa shape index (κ2) is 6.10. The van der Waals surface area contributed by atoms with Gasteiger partial charge >= 0.3 is 0 Å². The number of hydrogen-bond acceptors (Lipinski definition) is 1. The first-order chi connectivity index (χ1) is 13.7. The first-order valence-corrected chi connectivity index (χ1v) is 9.87. The van der Waals surface area contributed by atoms with Gasteiger partial charge in [-0.1, -0.05) is 92.4 Å². The summed E-state index contributed by atoms with van der Waals surface area (Å²) in [5.41, 5.74) is 17.2.